The summed E-state index contributed by atoms with van der Waals surface area (Å²) in [5.74, 6) is 0.765. The van der Waals surface area contributed by atoms with E-state index in [1.165, 1.54) is 6.33 Å². The molecule has 0 bridgehead atoms. The number of nitriles is 1. The van der Waals surface area contributed by atoms with Crippen molar-refractivity contribution in [3.05, 3.63) is 36.2 Å². The highest BCUT2D eigenvalue weighted by Gasteiger charge is 2.16. The molecule has 0 aliphatic carbocycles. The maximum atomic E-state index is 11.8. The van der Waals surface area contributed by atoms with Crippen LogP contribution >= 0.6 is 0 Å². The lowest BCUT2D eigenvalue weighted by Gasteiger charge is -2.09. The van der Waals surface area contributed by atoms with Gasteiger partial charge in [-0.05, 0) is 32.4 Å². The summed E-state index contributed by atoms with van der Waals surface area (Å²) in [7, 11) is -3.04. The van der Waals surface area contributed by atoms with Crippen LogP contribution in [0.15, 0.2) is 30.6 Å². The predicted octanol–water partition coefficient (Wildman–Crippen LogP) is 2.03. The van der Waals surface area contributed by atoms with Gasteiger partial charge in [-0.1, -0.05) is 12.1 Å². The summed E-state index contributed by atoms with van der Waals surface area (Å²) in [6.07, 6.45) is 1.92. The topological polar surface area (TPSA) is 88.6 Å². The molecule has 6 nitrogen and oxygen atoms in total. The summed E-state index contributed by atoms with van der Waals surface area (Å²) < 4.78 is 25.3. The van der Waals surface area contributed by atoms with Gasteiger partial charge in [0.25, 0.3) is 0 Å². The average Bonchev–Trinajstić information content (AvgIpc) is 2.95. The standard InChI is InChI=1S/C15H18N4O2S/c1-12(2)22(20,21)8-4-7-19-15(17-11-18-19)14-6-3-5-13(9-14)10-16/h3,5-6,9,11-12H,4,7-8H2,1-2H3. The molecule has 0 saturated heterocycles. The highest BCUT2D eigenvalue weighted by Crippen LogP contribution is 2.18. The van der Waals surface area contributed by atoms with Gasteiger partial charge in [-0.2, -0.15) is 10.4 Å². The van der Waals surface area contributed by atoms with E-state index in [9.17, 15) is 8.42 Å². The Morgan fingerprint density at radius 2 is 2.14 bits per heavy atom. The summed E-state index contributed by atoms with van der Waals surface area (Å²) in [5.41, 5.74) is 1.35. The second-order valence-corrected chi connectivity index (χ2v) is 7.95. The zero-order valence-electron chi connectivity index (χ0n) is 12.6. The van der Waals surface area contributed by atoms with E-state index in [1.54, 1.807) is 36.7 Å². The molecule has 1 aromatic heterocycles. The minimum absolute atomic E-state index is 0.127. The van der Waals surface area contributed by atoms with Crippen LogP contribution in [0.3, 0.4) is 0 Å². The van der Waals surface area contributed by atoms with Gasteiger partial charge in [0.05, 0.1) is 22.6 Å². The third kappa shape index (κ3) is 3.71. The quantitative estimate of drug-likeness (QED) is 0.813. The van der Waals surface area contributed by atoms with Crippen LogP contribution < -0.4 is 0 Å². The van der Waals surface area contributed by atoms with E-state index in [4.69, 9.17) is 5.26 Å². The second-order valence-electron chi connectivity index (χ2n) is 5.27. The molecule has 0 aliphatic heterocycles. The monoisotopic (exact) mass is 318 g/mol. The predicted molar refractivity (Wildman–Crippen MR) is 83.7 cm³/mol. The van der Waals surface area contributed by atoms with Gasteiger partial charge in [-0.25, -0.2) is 18.1 Å². The summed E-state index contributed by atoms with van der Waals surface area (Å²) in [4.78, 5) is 4.21. The molecular weight excluding hydrogens is 300 g/mol. The molecule has 0 amide bonds. The van der Waals surface area contributed by atoms with Crippen molar-refractivity contribution in [1.29, 1.82) is 5.26 Å². The summed E-state index contributed by atoms with van der Waals surface area (Å²) in [5, 5.41) is 12.7. The zero-order valence-corrected chi connectivity index (χ0v) is 13.4. The van der Waals surface area contributed by atoms with Gasteiger partial charge in [0.1, 0.15) is 6.33 Å². The second kappa shape index (κ2) is 6.71. The van der Waals surface area contributed by atoms with Crippen molar-refractivity contribution in [3.63, 3.8) is 0 Å². The Balaban J connectivity index is 2.12. The number of aryl methyl sites for hydroxylation is 1. The maximum Gasteiger partial charge on any atom is 0.158 e. The van der Waals surface area contributed by atoms with E-state index in [-0.39, 0.29) is 11.0 Å². The van der Waals surface area contributed by atoms with Crippen molar-refractivity contribution >= 4 is 9.84 Å². The van der Waals surface area contributed by atoms with E-state index in [2.05, 4.69) is 16.2 Å². The van der Waals surface area contributed by atoms with Crippen molar-refractivity contribution in [1.82, 2.24) is 14.8 Å². The molecule has 2 aromatic rings. The van der Waals surface area contributed by atoms with Crippen LogP contribution in [0.4, 0.5) is 0 Å². The zero-order chi connectivity index (χ0) is 16.2. The van der Waals surface area contributed by atoms with Crippen LogP contribution in [0.5, 0.6) is 0 Å². The fourth-order valence-electron chi connectivity index (χ4n) is 2.03. The molecule has 1 heterocycles. The van der Waals surface area contributed by atoms with Crippen LogP contribution in [0.25, 0.3) is 11.4 Å². The van der Waals surface area contributed by atoms with Crippen molar-refractivity contribution in [2.24, 2.45) is 0 Å². The van der Waals surface area contributed by atoms with Gasteiger partial charge in [0.15, 0.2) is 15.7 Å². The van der Waals surface area contributed by atoms with Crippen LogP contribution in [-0.2, 0) is 16.4 Å². The summed E-state index contributed by atoms with van der Waals surface area (Å²) in [6, 6.07) is 9.19. The van der Waals surface area contributed by atoms with Gasteiger partial charge in [0, 0.05) is 12.1 Å². The summed E-state index contributed by atoms with van der Waals surface area (Å²) >= 11 is 0. The highest BCUT2D eigenvalue weighted by atomic mass is 32.2. The smallest absolute Gasteiger partial charge is 0.158 e. The van der Waals surface area contributed by atoms with E-state index in [1.807, 2.05) is 6.07 Å². The van der Waals surface area contributed by atoms with Crippen molar-refractivity contribution in [3.8, 4) is 17.5 Å². The van der Waals surface area contributed by atoms with Crippen molar-refractivity contribution < 1.29 is 8.42 Å². The van der Waals surface area contributed by atoms with Crippen LogP contribution in [0, 0.1) is 11.3 Å². The Hall–Kier alpha value is -2.20. The van der Waals surface area contributed by atoms with Gasteiger partial charge in [0.2, 0.25) is 0 Å². The number of rotatable bonds is 6. The van der Waals surface area contributed by atoms with Gasteiger partial charge < -0.3 is 0 Å². The Morgan fingerprint density at radius 1 is 1.36 bits per heavy atom. The summed E-state index contributed by atoms with van der Waals surface area (Å²) in [6.45, 7) is 3.84. The average molecular weight is 318 g/mol. The molecule has 0 spiro atoms. The molecule has 116 valence electrons. The lowest BCUT2D eigenvalue weighted by molar-refractivity contribution is 0.568. The van der Waals surface area contributed by atoms with E-state index < -0.39 is 9.84 Å². The normalized spacial score (nSPS) is 11.5. The third-order valence-electron chi connectivity index (χ3n) is 3.38. The lowest BCUT2D eigenvalue weighted by atomic mass is 10.1. The van der Waals surface area contributed by atoms with Crippen LogP contribution in [0.1, 0.15) is 25.8 Å². The Morgan fingerprint density at radius 3 is 2.82 bits per heavy atom. The van der Waals surface area contributed by atoms with Gasteiger partial charge in [-0.3, -0.25) is 0 Å². The van der Waals surface area contributed by atoms with Crippen LogP contribution in [0.2, 0.25) is 0 Å². The van der Waals surface area contributed by atoms with E-state index in [0.29, 0.717) is 24.4 Å². The van der Waals surface area contributed by atoms with Crippen molar-refractivity contribution in [2.75, 3.05) is 5.75 Å². The Labute approximate surface area is 130 Å². The molecular formula is C15H18N4O2S. The Bertz CT molecular complexity index is 788. The first kappa shape index (κ1) is 16.2. The number of nitrogens with zero attached hydrogens (tertiary/aromatic N) is 4. The molecule has 0 aliphatic rings. The molecule has 0 N–H and O–H groups in total. The highest BCUT2D eigenvalue weighted by molar-refractivity contribution is 7.91. The molecule has 0 fully saturated rings. The third-order valence-corrected chi connectivity index (χ3v) is 5.68. The SMILES string of the molecule is CC(C)S(=O)(=O)CCCn1ncnc1-c1cccc(C#N)c1. The fourth-order valence-corrected chi connectivity index (χ4v) is 3.03. The largest absolute Gasteiger partial charge is 0.246 e. The molecule has 1 aromatic carbocycles. The van der Waals surface area contributed by atoms with Gasteiger partial charge in [-0.15, -0.1) is 0 Å². The first-order valence-electron chi connectivity index (χ1n) is 7.04. The molecule has 0 saturated carbocycles. The number of aromatic nitrogens is 3. The molecule has 7 heteroatoms. The maximum absolute atomic E-state index is 11.8. The van der Waals surface area contributed by atoms with E-state index in [0.717, 1.165) is 5.56 Å². The first-order chi connectivity index (χ1) is 10.4. The fraction of sp³-hybridized carbons (Fsp3) is 0.400. The van der Waals surface area contributed by atoms with Crippen molar-refractivity contribution in [2.45, 2.75) is 32.1 Å². The molecule has 0 radical (unpaired) electrons. The minimum Gasteiger partial charge on any atom is -0.246 e. The minimum atomic E-state index is -3.04. The van der Waals surface area contributed by atoms with E-state index >= 15 is 0 Å². The molecule has 0 unspecified atom stereocenters. The lowest BCUT2D eigenvalue weighted by Crippen LogP contribution is -2.19. The molecule has 0 atom stereocenters. The number of hydrogen-bond donors (Lipinski definition) is 0. The van der Waals surface area contributed by atoms with Gasteiger partial charge >= 0.3 is 0 Å². The molecule has 22 heavy (non-hydrogen) atoms. The van der Waals surface area contributed by atoms with Crippen LogP contribution in [-0.4, -0.2) is 34.2 Å². The number of hydrogen-bond acceptors (Lipinski definition) is 5. The number of sulfone groups is 1. The number of benzene rings is 1. The molecule has 2 rings (SSSR count). The Kier molecular flexibility index (Phi) is 4.93. The first-order valence-corrected chi connectivity index (χ1v) is 8.75.